The number of amides is 3. The number of carbonyl (C=O) groups excluding carboxylic acids is 2. The van der Waals surface area contributed by atoms with Crippen LogP contribution in [0, 0.1) is 24.2 Å². The summed E-state index contributed by atoms with van der Waals surface area (Å²) in [5.74, 6) is 4.14. The van der Waals surface area contributed by atoms with Crippen LogP contribution >= 0.6 is 0 Å². The van der Waals surface area contributed by atoms with E-state index in [-0.39, 0.29) is 24.5 Å². The lowest BCUT2D eigenvalue weighted by Gasteiger charge is -2.37. The quantitative estimate of drug-likeness (QED) is 0.732. The van der Waals surface area contributed by atoms with Gasteiger partial charge in [-0.05, 0) is 55.7 Å². The number of nitrogens with one attached hydrogen (secondary N) is 1. The fraction of sp³-hybridized carbons (Fsp3) is 0.583. The monoisotopic (exact) mass is 411 g/mol. The Hall–Kier alpha value is -2.68. The van der Waals surface area contributed by atoms with Crippen molar-refractivity contribution >= 4 is 11.9 Å². The third-order valence-electron chi connectivity index (χ3n) is 6.04. The normalized spacial score (nSPS) is 19.8. The standard InChI is InChI=1S/C24H33N3O3/c1-3-17-30-22-8-6-20(7-9-22)10-13-25-24(29)26-15-11-21(12-16-26)23(28)27-14-4-5-19(2)18-27/h1,6-9,19,21H,4-5,10-18H2,2H3,(H,25,29). The molecule has 0 bridgehead atoms. The molecule has 2 aliphatic rings. The maximum atomic E-state index is 12.8. The van der Waals surface area contributed by atoms with Gasteiger partial charge in [0.15, 0.2) is 0 Å². The van der Waals surface area contributed by atoms with Crippen LogP contribution in [0.2, 0.25) is 0 Å². The minimum atomic E-state index is -0.0403. The molecule has 6 nitrogen and oxygen atoms in total. The van der Waals surface area contributed by atoms with E-state index in [1.54, 1.807) is 0 Å². The van der Waals surface area contributed by atoms with Gasteiger partial charge in [0.05, 0.1) is 0 Å². The van der Waals surface area contributed by atoms with Crippen molar-refractivity contribution in [2.75, 3.05) is 39.3 Å². The molecule has 162 valence electrons. The summed E-state index contributed by atoms with van der Waals surface area (Å²) >= 11 is 0. The molecule has 30 heavy (non-hydrogen) atoms. The lowest BCUT2D eigenvalue weighted by Crippen LogP contribution is -2.49. The highest BCUT2D eigenvalue weighted by molar-refractivity contribution is 5.80. The number of rotatable bonds is 6. The Morgan fingerprint density at radius 3 is 2.53 bits per heavy atom. The van der Waals surface area contributed by atoms with Crippen LogP contribution in [-0.2, 0) is 11.2 Å². The maximum absolute atomic E-state index is 12.8. The Bertz CT molecular complexity index is 748. The predicted molar refractivity (Wildman–Crippen MR) is 117 cm³/mol. The number of hydrogen-bond acceptors (Lipinski definition) is 3. The van der Waals surface area contributed by atoms with Crippen LogP contribution in [0.4, 0.5) is 4.79 Å². The highest BCUT2D eigenvalue weighted by Gasteiger charge is 2.31. The SMILES string of the molecule is C#CCOc1ccc(CCNC(=O)N2CCC(C(=O)N3CCCC(C)C3)CC2)cc1. The zero-order valence-corrected chi connectivity index (χ0v) is 17.9. The molecule has 2 saturated heterocycles. The van der Waals surface area contributed by atoms with E-state index < -0.39 is 0 Å². The van der Waals surface area contributed by atoms with Gasteiger partial charge in [0.25, 0.3) is 0 Å². The van der Waals surface area contributed by atoms with Crippen molar-refractivity contribution in [3.05, 3.63) is 29.8 Å². The summed E-state index contributed by atoms with van der Waals surface area (Å²) < 4.78 is 5.36. The molecular formula is C24H33N3O3. The highest BCUT2D eigenvalue weighted by atomic mass is 16.5. The molecule has 1 N–H and O–H groups in total. The third kappa shape index (κ3) is 6.16. The van der Waals surface area contributed by atoms with Crippen LogP contribution in [0.15, 0.2) is 24.3 Å². The largest absolute Gasteiger partial charge is 0.481 e. The van der Waals surface area contributed by atoms with Crippen LogP contribution in [-0.4, -0.2) is 61.1 Å². The van der Waals surface area contributed by atoms with Gasteiger partial charge in [-0.2, -0.15) is 0 Å². The van der Waals surface area contributed by atoms with Gasteiger partial charge in [0.2, 0.25) is 5.91 Å². The van der Waals surface area contributed by atoms with E-state index in [9.17, 15) is 9.59 Å². The summed E-state index contributed by atoms with van der Waals surface area (Å²) in [6.45, 7) is 6.12. The number of ether oxygens (including phenoxy) is 1. The summed E-state index contributed by atoms with van der Waals surface area (Å²) in [5, 5.41) is 3.00. The highest BCUT2D eigenvalue weighted by Crippen LogP contribution is 2.23. The van der Waals surface area contributed by atoms with Crippen molar-refractivity contribution in [2.24, 2.45) is 11.8 Å². The van der Waals surface area contributed by atoms with Crippen LogP contribution in [0.1, 0.15) is 38.2 Å². The number of carbonyl (C=O) groups is 2. The second-order valence-corrected chi connectivity index (χ2v) is 8.41. The summed E-state index contributed by atoms with van der Waals surface area (Å²) in [7, 11) is 0. The van der Waals surface area contributed by atoms with Gasteiger partial charge >= 0.3 is 6.03 Å². The zero-order valence-electron chi connectivity index (χ0n) is 17.9. The topological polar surface area (TPSA) is 61.9 Å². The van der Waals surface area contributed by atoms with Crippen molar-refractivity contribution in [3.8, 4) is 18.1 Å². The number of hydrogen-bond donors (Lipinski definition) is 1. The van der Waals surface area contributed by atoms with Crippen molar-refractivity contribution < 1.29 is 14.3 Å². The minimum Gasteiger partial charge on any atom is -0.481 e. The van der Waals surface area contributed by atoms with Crippen LogP contribution in [0.3, 0.4) is 0 Å². The number of likely N-dealkylation sites (tertiary alicyclic amines) is 2. The third-order valence-corrected chi connectivity index (χ3v) is 6.04. The Balaban J connectivity index is 1.36. The van der Waals surface area contributed by atoms with E-state index in [2.05, 4.69) is 18.2 Å². The summed E-state index contributed by atoms with van der Waals surface area (Å²) in [4.78, 5) is 29.1. The van der Waals surface area contributed by atoms with Crippen molar-refractivity contribution in [1.82, 2.24) is 15.1 Å². The molecule has 0 saturated carbocycles. The average Bonchev–Trinajstić information content (AvgIpc) is 2.78. The van der Waals surface area contributed by atoms with E-state index in [1.165, 1.54) is 6.42 Å². The summed E-state index contributed by atoms with van der Waals surface area (Å²) in [6.07, 6.45) is 9.78. The number of benzene rings is 1. The average molecular weight is 412 g/mol. The van der Waals surface area contributed by atoms with Crippen LogP contribution in [0.5, 0.6) is 5.75 Å². The van der Waals surface area contributed by atoms with Crippen molar-refractivity contribution in [3.63, 3.8) is 0 Å². The first-order valence-electron chi connectivity index (χ1n) is 11.0. The molecule has 1 aromatic rings. The Kier molecular flexibility index (Phi) is 8.01. The first kappa shape index (κ1) is 22.0. The number of nitrogens with zero attached hydrogens (tertiary/aromatic N) is 2. The van der Waals surface area contributed by atoms with E-state index in [1.807, 2.05) is 34.1 Å². The number of piperidine rings is 2. The molecule has 3 rings (SSSR count). The lowest BCUT2D eigenvalue weighted by molar-refractivity contribution is -0.138. The molecule has 2 fully saturated rings. The summed E-state index contributed by atoms with van der Waals surface area (Å²) in [5.41, 5.74) is 1.13. The van der Waals surface area contributed by atoms with E-state index >= 15 is 0 Å². The smallest absolute Gasteiger partial charge is 0.317 e. The van der Waals surface area contributed by atoms with E-state index in [0.29, 0.717) is 25.6 Å². The predicted octanol–water partition coefficient (Wildman–Crippen LogP) is 2.92. The maximum Gasteiger partial charge on any atom is 0.317 e. The Morgan fingerprint density at radius 2 is 1.87 bits per heavy atom. The summed E-state index contributed by atoms with van der Waals surface area (Å²) in [6, 6.07) is 7.70. The molecule has 1 atom stereocenters. The second kappa shape index (κ2) is 10.9. The first-order valence-corrected chi connectivity index (χ1v) is 11.0. The fourth-order valence-corrected chi connectivity index (χ4v) is 4.28. The molecule has 6 heteroatoms. The van der Waals surface area contributed by atoms with Crippen LogP contribution < -0.4 is 10.1 Å². The van der Waals surface area contributed by atoms with Gasteiger partial charge < -0.3 is 19.9 Å². The van der Waals surface area contributed by atoms with Crippen molar-refractivity contribution in [2.45, 2.75) is 39.0 Å². The lowest BCUT2D eigenvalue weighted by atomic mass is 9.93. The molecule has 1 unspecified atom stereocenters. The molecule has 2 heterocycles. The molecular weight excluding hydrogens is 378 g/mol. The van der Waals surface area contributed by atoms with E-state index in [0.717, 1.165) is 50.1 Å². The number of terminal acetylenes is 1. The fourth-order valence-electron chi connectivity index (χ4n) is 4.28. The molecule has 0 radical (unpaired) electrons. The van der Waals surface area contributed by atoms with Crippen LogP contribution in [0.25, 0.3) is 0 Å². The minimum absolute atomic E-state index is 0.0403. The van der Waals surface area contributed by atoms with E-state index in [4.69, 9.17) is 11.2 Å². The molecule has 0 spiro atoms. The number of urea groups is 1. The second-order valence-electron chi connectivity index (χ2n) is 8.41. The molecule has 0 aromatic heterocycles. The van der Waals surface area contributed by atoms with Gasteiger partial charge in [0.1, 0.15) is 12.4 Å². The van der Waals surface area contributed by atoms with Gasteiger partial charge in [-0.25, -0.2) is 4.79 Å². The Morgan fingerprint density at radius 1 is 1.13 bits per heavy atom. The molecule has 0 aliphatic carbocycles. The van der Waals surface area contributed by atoms with Gasteiger partial charge in [-0.15, -0.1) is 6.42 Å². The first-order chi connectivity index (χ1) is 14.6. The molecule has 1 aromatic carbocycles. The van der Waals surface area contributed by atoms with Gasteiger partial charge in [-0.1, -0.05) is 25.0 Å². The van der Waals surface area contributed by atoms with Gasteiger partial charge in [-0.3, -0.25) is 4.79 Å². The molecule has 2 aliphatic heterocycles. The Labute approximate surface area is 179 Å². The van der Waals surface area contributed by atoms with Gasteiger partial charge in [0, 0.05) is 38.6 Å². The molecule has 3 amide bonds. The van der Waals surface area contributed by atoms with Crippen molar-refractivity contribution in [1.29, 1.82) is 0 Å². The zero-order chi connectivity index (χ0) is 21.3.